The minimum Gasteiger partial charge on any atom is -0.493 e. The SMILES string of the molecule is CCOc1cc2ccc1=2.CCc1ccc(-c2nnc(CC)s2)cc1. The zero-order valence-electron chi connectivity index (χ0n) is 14.4. The number of aryl methyl sites for hydroxylation is 2. The molecule has 0 amide bonds. The van der Waals surface area contributed by atoms with Gasteiger partial charge in [0.1, 0.15) is 15.8 Å². The van der Waals surface area contributed by atoms with Gasteiger partial charge in [-0.25, -0.2) is 0 Å². The Labute approximate surface area is 146 Å². The van der Waals surface area contributed by atoms with Gasteiger partial charge < -0.3 is 4.74 Å². The van der Waals surface area contributed by atoms with Gasteiger partial charge in [-0.2, -0.15) is 0 Å². The van der Waals surface area contributed by atoms with Gasteiger partial charge in [0.15, 0.2) is 0 Å². The zero-order chi connectivity index (χ0) is 16.9. The number of hydrogen-bond donors (Lipinski definition) is 0. The van der Waals surface area contributed by atoms with E-state index in [1.165, 1.54) is 21.6 Å². The molecule has 1 aromatic heterocycles. The average Bonchev–Trinajstić information content (AvgIpc) is 3.09. The van der Waals surface area contributed by atoms with Crippen molar-refractivity contribution in [3.63, 3.8) is 0 Å². The van der Waals surface area contributed by atoms with Gasteiger partial charge >= 0.3 is 0 Å². The number of hydrogen-bond acceptors (Lipinski definition) is 4. The second kappa shape index (κ2) is 7.58. The van der Waals surface area contributed by atoms with Gasteiger partial charge in [0.25, 0.3) is 0 Å². The van der Waals surface area contributed by atoms with Crippen molar-refractivity contribution >= 4 is 11.3 Å². The monoisotopic (exact) mass is 338 g/mol. The van der Waals surface area contributed by atoms with Crippen molar-refractivity contribution in [3.8, 4) is 16.3 Å². The van der Waals surface area contributed by atoms with E-state index in [-0.39, 0.29) is 0 Å². The average molecular weight is 338 g/mol. The molecule has 2 aliphatic carbocycles. The first kappa shape index (κ1) is 16.7. The Morgan fingerprint density at radius 3 is 2.17 bits per heavy atom. The molecule has 0 aliphatic heterocycles. The Hall–Kier alpha value is -2.20. The van der Waals surface area contributed by atoms with Gasteiger partial charge in [0.05, 0.1) is 6.61 Å². The van der Waals surface area contributed by atoms with Crippen LogP contribution in [0.1, 0.15) is 31.3 Å². The predicted molar refractivity (Wildman–Crippen MR) is 99.4 cm³/mol. The summed E-state index contributed by atoms with van der Waals surface area (Å²) in [7, 11) is 0. The summed E-state index contributed by atoms with van der Waals surface area (Å²) in [4.78, 5) is 0. The Morgan fingerprint density at radius 1 is 0.917 bits per heavy atom. The molecule has 2 aliphatic rings. The van der Waals surface area contributed by atoms with Crippen molar-refractivity contribution in [2.24, 2.45) is 0 Å². The molecule has 0 radical (unpaired) electrons. The second-order valence-corrected chi connectivity index (χ2v) is 6.61. The normalized spacial score (nSPS) is 10.8. The second-order valence-electron chi connectivity index (χ2n) is 5.55. The van der Waals surface area contributed by atoms with Crippen LogP contribution >= 0.6 is 11.3 Å². The van der Waals surface area contributed by atoms with Crippen LogP contribution in [0.4, 0.5) is 0 Å². The Morgan fingerprint density at radius 2 is 1.71 bits per heavy atom. The lowest BCUT2D eigenvalue weighted by molar-refractivity contribution is 0.334. The number of ether oxygens (including phenoxy) is 1. The third-order valence-electron chi connectivity index (χ3n) is 3.97. The van der Waals surface area contributed by atoms with Crippen LogP contribution in [-0.2, 0) is 12.8 Å². The van der Waals surface area contributed by atoms with Crippen LogP contribution in [0.15, 0.2) is 42.5 Å². The summed E-state index contributed by atoms with van der Waals surface area (Å²) in [5, 5.41) is 13.1. The molecular formula is C20H22N2OS. The van der Waals surface area contributed by atoms with Gasteiger partial charge in [-0.15, -0.1) is 10.2 Å². The molecule has 1 aromatic carbocycles. The highest BCUT2D eigenvalue weighted by Gasteiger charge is 2.05. The molecule has 0 fully saturated rings. The fourth-order valence-corrected chi connectivity index (χ4v) is 3.21. The van der Waals surface area contributed by atoms with Gasteiger partial charge in [0.2, 0.25) is 0 Å². The molecule has 124 valence electrons. The molecule has 0 saturated heterocycles. The third kappa shape index (κ3) is 3.49. The minimum atomic E-state index is 0.774. The van der Waals surface area contributed by atoms with Crippen LogP contribution in [0.3, 0.4) is 0 Å². The summed E-state index contributed by atoms with van der Waals surface area (Å²) in [5.41, 5.74) is 2.53. The first-order valence-corrected chi connectivity index (χ1v) is 9.25. The highest BCUT2D eigenvalue weighted by atomic mass is 32.1. The van der Waals surface area contributed by atoms with Crippen LogP contribution in [-0.4, -0.2) is 16.8 Å². The molecule has 3 nitrogen and oxygen atoms in total. The molecule has 4 rings (SSSR count). The van der Waals surface area contributed by atoms with Gasteiger partial charge in [-0.1, -0.05) is 61.6 Å². The Bertz CT molecular complexity index is 900. The number of aromatic nitrogens is 2. The first-order chi connectivity index (χ1) is 11.7. The van der Waals surface area contributed by atoms with Crippen molar-refractivity contribution in [3.05, 3.63) is 63.5 Å². The summed E-state index contributed by atoms with van der Waals surface area (Å²) in [6, 6.07) is 14.8. The maximum atomic E-state index is 5.26. The number of benzene rings is 2. The molecule has 2 aromatic rings. The number of nitrogens with zero attached hydrogens (tertiary/aromatic N) is 2. The summed E-state index contributed by atoms with van der Waals surface area (Å²) in [5.74, 6) is 1.06. The fourth-order valence-electron chi connectivity index (χ4n) is 2.43. The summed E-state index contributed by atoms with van der Waals surface area (Å²) >= 11 is 1.68. The minimum absolute atomic E-state index is 0.774. The maximum absolute atomic E-state index is 5.26. The third-order valence-corrected chi connectivity index (χ3v) is 5.09. The Kier molecular flexibility index (Phi) is 5.26. The van der Waals surface area contributed by atoms with Crippen molar-refractivity contribution in [2.75, 3.05) is 6.61 Å². The van der Waals surface area contributed by atoms with E-state index >= 15 is 0 Å². The van der Waals surface area contributed by atoms with Gasteiger partial charge in [-0.3, -0.25) is 0 Å². The van der Waals surface area contributed by atoms with Crippen molar-refractivity contribution in [2.45, 2.75) is 33.6 Å². The van der Waals surface area contributed by atoms with Crippen LogP contribution in [0.2, 0.25) is 0 Å². The van der Waals surface area contributed by atoms with Crippen LogP contribution in [0.5, 0.6) is 5.75 Å². The predicted octanol–water partition coefficient (Wildman–Crippen LogP) is 5.02. The molecule has 1 heterocycles. The topological polar surface area (TPSA) is 35.0 Å². The highest BCUT2D eigenvalue weighted by Crippen LogP contribution is 2.24. The lowest BCUT2D eigenvalue weighted by atomic mass is 10.1. The van der Waals surface area contributed by atoms with E-state index in [4.69, 9.17) is 4.74 Å². The highest BCUT2D eigenvalue weighted by molar-refractivity contribution is 7.14. The molecule has 0 saturated carbocycles. The maximum Gasteiger partial charge on any atom is 0.147 e. The smallest absolute Gasteiger partial charge is 0.147 e. The van der Waals surface area contributed by atoms with E-state index in [1.807, 2.05) is 6.92 Å². The molecule has 4 heteroatoms. The van der Waals surface area contributed by atoms with Gasteiger partial charge in [-0.05, 0) is 36.6 Å². The quantitative estimate of drug-likeness (QED) is 0.513. The van der Waals surface area contributed by atoms with E-state index in [9.17, 15) is 0 Å². The van der Waals surface area contributed by atoms with Crippen LogP contribution in [0, 0.1) is 10.4 Å². The van der Waals surface area contributed by atoms with Crippen molar-refractivity contribution < 1.29 is 4.74 Å². The molecule has 0 atom stereocenters. The largest absolute Gasteiger partial charge is 0.493 e. The summed E-state index contributed by atoms with van der Waals surface area (Å²) in [6.07, 6.45) is 2.04. The molecule has 24 heavy (non-hydrogen) atoms. The van der Waals surface area contributed by atoms with Crippen molar-refractivity contribution in [1.29, 1.82) is 0 Å². The molecular weight excluding hydrogens is 316 g/mol. The Balaban J connectivity index is 0.000000159. The lowest BCUT2D eigenvalue weighted by Gasteiger charge is -2.10. The molecule has 0 spiro atoms. The van der Waals surface area contributed by atoms with E-state index < -0.39 is 0 Å². The summed E-state index contributed by atoms with van der Waals surface area (Å²) < 4.78 is 5.26. The van der Waals surface area contributed by atoms with E-state index in [0.29, 0.717) is 0 Å². The molecule has 0 unspecified atom stereocenters. The fraction of sp³-hybridized carbons (Fsp3) is 0.300. The standard InChI is InChI=1S/C12H14N2S.C8H8O/c1-3-9-5-7-10(8-6-9)12-14-13-11(4-2)15-12;1-2-9-8-5-6-3-4-7(6)8/h5-8H,3-4H2,1-2H3;3-5H,2H2,1H3. The summed E-state index contributed by atoms with van der Waals surface area (Å²) in [6.45, 7) is 7.04. The van der Waals surface area contributed by atoms with Crippen LogP contribution < -0.4 is 4.74 Å². The van der Waals surface area contributed by atoms with E-state index in [2.05, 4.69) is 66.5 Å². The zero-order valence-corrected chi connectivity index (χ0v) is 15.2. The molecule has 0 bridgehead atoms. The molecule has 0 N–H and O–H groups in total. The number of rotatable bonds is 5. The first-order valence-electron chi connectivity index (χ1n) is 8.44. The lowest BCUT2D eigenvalue weighted by Crippen LogP contribution is -1.97. The van der Waals surface area contributed by atoms with Crippen LogP contribution in [0.25, 0.3) is 10.6 Å². The van der Waals surface area contributed by atoms with Crippen molar-refractivity contribution in [1.82, 2.24) is 10.2 Å². The van der Waals surface area contributed by atoms with E-state index in [0.717, 1.165) is 35.2 Å². The van der Waals surface area contributed by atoms with E-state index in [1.54, 1.807) is 11.3 Å². The van der Waals surface area contributed by atoms with Gasteiger partial charge in [0, 0.05) is 10.8 Å².